The van der Waals surface area contributed by atoms with E-state index in [4.69, 9.17) is 0 Å². The van der Waals surface area contributed by atoms with Gasteiger partial charge in [-0.15, -0.1) is 11.3 Å². The summed E-state index contributed by atoms with van der Waals surface area (Å²) in [6.07, 6.45) is 4.54. The first-order valence-corrected chi connectivity index (χ1v) is 18.9. The molecule has 1 aromatic heterocycles. The van der Waals surface area contributed by atoms with E-state index in [1.54, 1.807) is 31.3 Å². The highest BCUT2D eigenvalue weighted by Gasteiger charge is 2.46. The molecule has 0 saturated carbocycles. The van der Waals surface area contributed by atoms with Crippen LogP contribution in [0.4, 0.5) is 4.79 Å². The lowest BCUT2D eigenvalue weighted by Crippen LogP contribution is -2.58. The number of hydrogen-bond donors (Lipinski definition) is 4. The van der Waals surface area contributed by atoms with E-state index in [2.05, 4.69) is 20.9 Å². The summed E-state index contributed by atoms with van der Waals surface area (Å²) < 4.78 is 0. The molecule has 13 nitrogen and oxygen atoms in total. The molecule has 3 heterocycles. The van der Waals surface area contributed by atoms with Gasteiger partial charge in [0, 0.05) is 25.5 Å². The van der Waals surface area contributed by atoms with Crippen LogP contribution in [0, 0.1) is 11.8 Å². The van der Waals surface area contributed by atoms with Crippen molar-refractivity contribution in [2.45, 2.75) is 109 Å². The van der Waals surface area contributed by atoms with Gasteiger partial charge in [0.2, 0.25) is 11.8 Å². The summed E-state index contributed by atoms with van der Waals surface area (Å²) in [5.74, 6) is -2.56. The number of hydrogen-bond acceptors (Lipinski definition) is 8. The average Bonchev–Trinajstić information content (AvgIpc) is 3.71. The van der Waals surface area contributed by atoms with Crippen molar-refractivity contribution in [1.82, 2.24) is 35.6 Å². The van der Waals surface area contributed by atoms with E-state index >= 15 is 0 Å². The molecule has 0 bridgehead atoms. The molecule has 4 N–H and O–H groups in total. The lowest BCUT2D eigenvalue weighted by Gasteiger charge is -2.34. The summed E-state index contributed by atoms with van der Waals surface area (Å²) in [5, 5.41) is 21.0. The fraction of sp³-hybridized carbons (Fsp3) is 0.622. The van der Waals surface area contributed by atoms with Crippen LogP contribution in [0.25, 0.3) is 0 Å². The van der Waals surface area contributed by atoms with E-state index in [-0.39, 0.29) is 41.9 Å². The molecule has 2 aromatic rings. The van der Waals surface area contributed by atoms with Gasteiger partial charge in [-0.3, -0.25) is 24.1 Å². The highest BCUT2D eigenvalue weighted by atomic mass is 32.1. The van der Waals surface area contributed by atoms with Gasteiger partial charge < -0.3 is 30.9 Å². The zero-order valence-electron chi connectivity index (χ0n) is 30.9. The normalized spacial score (nSPS) is 23.1. The molecule has 14 heteroatoms. The Morgan fingerprint density at radius 3 is 2.41 bits per heavy atom. The van der Waals surface area contributed by atoms with Crippen molar-refractivity contribution < 1.29 is 29.1 Å². The van der Waals surface area contributed by atoms with Crippen molar-refractivity contribution in [3.8, 4) is 0 Å². The Labute approximate surface area is 305 Å². The number of carboxylic acids is 1. The fourth-order valence-corrected chi connectivity index (χ4v) is 7.93. The number of carboxylic acid groups (broad SMARTS) is 1. The number of likely N-dealkylation sites (N-methyl/N-ethyl adjacent to an activating group) is 1. The SMILES string of the molecule is CC[C@H](C)[C@H](NC(=O)[C@H]1CCCCN1C)C(=O)N[C@@H]1C[C@H](c2nc(C(=O)N[C@@H](Cc3ccccc3)C[C@H](C)C(=O)O)cs2)N(C(=O)N(C)C)C1C. The number of rotatable bonds is 14. The van der Waals surface area contributed by atoms with E-state index in [1.807, 2.05) is 63.1 Å². The highest BCUT2D eigenvalue weighted by Crippen LogP contribution is 2.38. The van der Waals surface area contributed by atoms with Crippen molar-refractivity contribution in [3.63, 3.8) is 0 Å². The first kappa shape index (κ1) is 39.7. The van der Waals surface area contributed by atoms with E-state index in [1.165, 1.54) is 16.2 Å². The van der Waals surface area contributed by atoms with Crippen LogP contribution in [0.3, 0.4) is 0 Å². The predicted molar refractivity (Wildman–Crippen MR) is 196 cm³/mol. The van der Waals surface area contributed by atoms with Crippen molar-refractivity contribution in [2.24, 2.45) is 11.8 Å². The maximum Gasteiger partial charge on any atom is 0.320 e. The van der Waals surface area contributed by atoms with Gasteiger partial charge in [0.1, 0.15) is 16.7 Å². The number of nitrogens with zero attached hydrogens (tertiary/aromatic N) is 4. The minimum Gasteiger partial charge on any atom is -0.481 e. The second-order valence-electron chi connectivity index (χ2n) is 14.5. The number of amides is 5. The van der Waals surface area contributed by atoms with Crippen LogP contribution >= 0.6 is 11.3 Å². The molecule has 4 rings (SSSR count). The Morgan fingerprint density at radius 2 is 1.78 bits per heavy atom. The maximum absolute atomic E-state index is 13.9. The maximum atomic E-state index is 13.9. The standard InChI is InChI=1S/C37H55N7O6S/c1-8-22(2)31(41-33(46)29-16-12-13-17-43(29)7)34(47)39-27-20-30(44(24(27)4)37(50)42(5)6)35-40-28(21-51-35)32(45)38-26(18-23(3)36(48)49)19-25-14-10-9-11-15-25/h9-11,14-15,21-24,26-27,29-31H,8,12-13,16-20H2,1-7H3,(H,38,45)(H,39,47)(H,41,46)(H,48,49)/t22-,23-,24?,26+,27+,29+,30+,31-/m0/s1. The second-order valence-corrected chi connectivity index (χ2v) is 15.4. The van der Waals surface area contributed by atoms with Crippen LogP contribution < -0.4 is 16.0 Å². The summed E-state index contributed by atoms with van der Waals surface area (Å²) in [6, 6.07) is 6.55. The molecule has 280 valence electrons. The summed E-state index contributed by atoms with van der Waals surface area (Å²) in [6.45, 7) is 8.29. The zero-order chi connectivity index (χ0) is 37.4. The monoisotopic (exact) mass is 725 g/mol. The molecule has 1 unspecified atom stereocenters. The molecule has 2 saturated heterocycles. The molecule has 1 aromatic carbocycles. The van der Waals surface area contributed by atoms with Crippen LogP contribution in [-0.4, -0.2) is 112 Å². The largest absolute Gasteiger partial charge is 0.481 e. The second kappa shape index (κ2) is 17.9. The average molecular weight is 726 g/mol. The van der Waals surface area contributed by atoms with Gasteiger partial charge in [-0.2, -0.15) is 0 Å². The molecule has 51 heavy (non-hydrogen) atoms. The number of piperidine rings is 1. The van der Waals surface area contributed by atoms with E-state index < -0.39 is 48.0 Å². The Kier molecular flexibility index (Phi) is 14.0. The van der Waals surface area contributed by atoms with Gasteiger partial charge in [-0.25, -0.2) is 9.78 Å². The Hall–Kier alpha value is -4.04. The number of urea groups is 1. The number of carbonyl (C=O) groups excluding carboxylic acids is 4. The zero-order valence-corrected chi connectivity index (χ0v) is 31.7. The Balaban J connectivity index is 1.51. The minimum absolute atomic E-state index is 0.112. The summed E-state index contributed by atoms with van der Waals surface area (Å²) in [4.78, 5) is 75.9. The molecular formula is C37H55N7O6S. The molecule has 0 spiro atoms. The number of thiazole rings is 1. The van der Waals surface area contributed by atoms with Gasteiger partial charge in [-0.05, 0) is 64.1 Å². The Bertz CT molecular complexity index is 1520. The topological polar surface area (TPSA) is 164 Å². The molecule has 2 aliphatic heterocycles. The first-order valence-electron chi connectivity index (χ1n) is 18.0. The summed E-state index contributed by atoms with van der Waals surface area (Å²) in [5.41, 5.74) is 1.15. The lowest BCUT2D eigenvalue weighted by molar-refractivity contribution is -0.141. The van der Waals surface area contributed by atoms with Gasteiger partial charge in [-0.1, -0.05) is 63.9 Å². The Morgan fingerprint density at radius 1 is 1.08 bits per heavy atom. The van der Waals surface area contributed by atoms with Crippen LogP contribution in [0.1, 0.15) is 93.3 Å². The quantitative estimate of drug-likeness (QED) is 0.228. The number of aromatic nitrogens is 1. The smallest absolute Gasteiger partial charge is 0.320 e. The number of nitrogens with one attached hydrogen (secondary N) is 3. The fourth-order valence-electron chi connectivity index (χ4n) is 7.02. The van der Waals surface area contributed by atoms with Gasteiger partial charge in [0.05, 0.1) is 30.1 Å². The van der Waals surface area contributed by atoms with Crippen molar-refractivity contribution in [3.05, 3.63) is 52.0 Å². The molecule has 0 radical (unpaired) electrons. The lowest BCUT2D eigenvalue weighted by atomic mass is 9.95. The van der Waals surface area contributed by atoms with Crippen LogP contribution in [-0.2, 0) is 20.8 Å². The molecule has 0 aliphatic carbocycles. The molecule has 5 amide bonds. The van der Waals surface area contributed by atoms with Gasteiger partial charge in [0.25, 0.3) is 5.91 Å². The highest BCUT2D eigenvalue weighted by molar-refractivity contribution is 7.09. The van der Waals surface area contributed by atoms with Gasteiger partial charge in [0.15, 0.2) is 0 Å². The van der Waals surface area contributed by atoms with Crippen molar-refractivity contribution >= 4 is 41.1 Å². The minimum atomic E-state index is -0.935. The molecule has 2 aliphatic rings. The van der Waals surface area contributed by atoms with E-state index in [0.717, 1.165) is 31.4 Å². The molecule has 8 atom stereocenters. The van der Waals surface area contributed by atoms with E-state index in [0.29, 0.717) is 24.3 Å². The van der Waals surface area contributed by atoms with E-state index in [9.17, 15) is 29.1 Å². The summed E-state index contributed by atoms with van der Waals surface area (Å²) >= 11 is 1.27. The predicted octanol–water partition coefficient (Wildman–Crippen LogP) is 3.91. The summed E-state index contributed by atoms with van der Waals surface area (Å²) in [7, 11) is 5.27. The first-order chi connectivity index (χ1) is 24.2. The van der Waals surface area contributed by atoms with Crippen LogP contribution in [0.15, 0.2) is 35.7 Å². The third-order valence-corrected chi connectivity index (χ3v) is 11.3. The number of carbonyl (C=O) groups is 5. The third kappa shape index (κ3) is 10.1. The number of likely N-dealkylation sites (tertiary alicyclic amines) is 2. The van der Waals surface area contributed by atoms with Crippen molar-refractivity contribution in [2.75, 3.05) is 27.7 Å². The number of benzene rings is 1. The van der Waals surface area contributed by atoms with Gasteiger partial charge >= 0.3 is 12.0 Å². The molecular weight excluding hydrogens is 671 g/mol. The third-order valence-electron chi connectivity index (χ3n) is 10.4. The number of aliphatic carboxylic acids is 1. The van der Waals surface area contributed by atoms with Crippen LogP contribution in [0.5, 0.6) is 0 Å². The molecule has 2 fully saturated rings. The van der Waals surface area contributed by atoms with Crippen LogP contribution in [0.2, 0.25) is 0 Å². The van der Waals surface area contributed by atoms with Crippen molar-refractivity contribution in [1.29, 1.82) is 0 Å².